The molecule has 0 amide bonds. The molecule has 0 aliphatic heterocycles. The van der Waals surface area contributed by atoms with Crippen LogP contribution in [-0.4, -0.2) is 15.0 Å². The lowest BCUT2D eigenvalue weighted by molar-refractivity contribution is 0.590. The van der Waals surface area contributed by atoms with Crippen LogP contribution in [0.2, 0.25) is 0 Å². The average Bonchev–Trinajstić information content (AvgIpc) is 3.48. The van der Waals surface area contributed by atoms with Crippen LogP contribution in [0.4, 0.5) is 0 Å². The monoisotopic (exact) mass is 697 g/mol. The number of aromatic nitrogens is 3. The van der Waals surface area contributed by atoms with Crippen LogP contribution in [0.25, 0.3) is 66.7 Å². The van der Waals surface area contributed by atoms with E-state index in [0.29, 0.717) is 5.82 Å². The van der Waals surface area contributed by atoms with E-state index >= 15 is 0 Å². The Morgan fingerprint density at radius 3 is 1.40 bits per heavy atom. The van der Waals surface area contributed by atoms with Gasteiger partial charge in [0.15, 0.2) is 5.82 Å². The van der Waals surface area contributed by atoms with Gasteiger partial charge in [-0.15, -0.1) is 0 Å². The molecule has 3 nitrogen and oxygen atoms in total. The highest BCUT2D eigenvalue weighted by molar-refractivity contribution is 6.12. The lowest BCUT2D eigenvalue weighted by Gasteiger charge is -2.21. The molecule has 0 unspecified atom stereocenters. The summed E-state index contributed by atoms with van der Waals surface area (Å²) in [7, 11) is 0. The van der Waals surface area contributed by atoms with Crippen LogP contribution in [0.5, 0.6) is 0 Å². The average molecular weight is 698 g/mol. The molecule has 53 heavy (non-hydrogen) atoms. The fraction of sp³-hybridized carbons (Fsp3) is 0.320. The Kier molecular flexibility index (Phi) is 8.80. The highest BCUT2D eigenvalue weighted by Gasteiger charge is 2.22. The van der Waals surface area contributed by atoms with Crippen molar-refractivity contribution >= 4 is 21.8 Å². The number of nitrogens with zero attached hydrogens (tertiary/aromatic N) is 2. The summed E-state index contributed by atoms with van der Waals surface area (Å²) in [4.78, 5) is 14.0. The first kappa shape index (κ1) is 36.3. The van der Waals surface area contributed by atoms with Crippen LogP contribution in [0.3, 0.4) is 0 Å². The second-order valence-corrected chi connectivity index (χ2v) is 19.1. The molecule has 0 bridgehead atoms. The van der Waals surface area contributed by atoms with Gasteiger partial charge in [-0.25, -0.2) is 9.97 Å². The maximum Gasteiger partial charge on any atom is 0.159 e. The first-order chi connectivity index (χ1) is 24.8. The van der Waals surface area contributed by atoms with Gasteiger partial charge in [-0.3, -0.25) is 0 Å². The van der Waals surface area contributed by atoms with Crippen molar-refractivity contribution in [3.63, 3.8) is 0 Å². The van der Waals surface area contributed by atoms with Crippen molar-refractivity contribution in [2.75, 3.05) is 0 Å². The van der Waals surface area contributed by atoms with Crippen molar-refractivity contribution in [1.82, 2.24) is 15.0 Å². The molecule has 0 saturated carbocycles. The number of hydrogen-bond donors (Lipinski definition) is 1. The molecule has 0 atom stereocenters. The second-order valence-electron chi connectivity index (χ2n) is 19.1. The highest BCUT2D eigenvalue weighted by Crippen LogP contribution is 2.40. The van der Waals surface area contributed by atoms with Gasteiger partial charge < -0.3 is 4.98 Å². The minimum absolute atomic E-state index is 0.0433. The Morgan fingerprint density at radius 2 is 0.887 bits per heavy atom. The van der Waals surface area contributed by atoms with Crippen molar-refractivity contribution in [1.29, 1.82) is 0 Å². The van der Waals surface area contributed by atoms with Crippen LogP contribution < -0.4 is 0 Å². The van der Waals surface area contributed by atoms with Gasteiger partial charge in [0.1, 0.15) is 0 Å². The molecule has 7 rings (SSSR count). The molecule has 2 heterocycles. The van der Waals surface area contributed by atoms with E-state index in [-0.39, 0.29) is 21.7 Å². The minimum atomic E-state index is -0.0433. The van der Waals surface area contributed by atoms with E-state index in [1.54, 1.807) is 0 Å². The normalized spacial score (nSPS) is 12.9. The number of nitrogens with one attached hydrogen (secondary N) is 1. The van der Waals surface area contributed by atoms with Gasteiger partial charge in [0.25, 0.3) is 0 Å². The second kappa shape index (κ2) is 12.8. The Morgan fingerprint density at radius 1 is 0.415 bits per heavy atom. The summed E-state index contributed by atoms with van der Waals surface area (Å²) in [6.45, 7) is 27.2. The number of H-pyrrole nitrogens is 1. The van der Waals surface area contributed by atoms with E-state index in [4.69, 9.17) is 9.97 Å². The van der Waals surface area contributed by atoms with E-state index in [2.05, 4.69) is 191 Å². The molecule has 0 radical (unpaired) electrons. The zero-order valence-corrected chi connectivity index (χ0v) is 33.8. The largest absolute Gasteiger partial charge is 0.354 e. The predicted octanol–water partition coefficient (Wildman–Crippen LogP) is 14.0. The number of benzene rings is 5. The van der Waals surface area contributed by atoms with Crippen molar-refractivity contribution in [3.8, 4) is 44.9 Å². The summed E-state index contributed by atoms with van der Waals surface area (Å²) in [6, 6.07) is 38.4. The molecular formula is C50H55N3. The molecule has 3 heteroatoms. The van der Waals surface area contributed by atoms with Gasteiger partial charge in [0.05, 0.1) is 11.2 Å². The van der Waals surface area contributed by atoms with Crippen LogP contribution in [0.15, 0.2) is 109 Å². The summed E-state index contributed by atoms with van der Waals surface area (Å²) < 4.78 is 0. The van der Waals surface area contributed by atoms with Gasteiger partial charge in [0, 0.05) is 33.6 Å². The summed E-state index contributed by atoms with van der Waals surface area (Å²) in [5.41, 5.74) is 15.3. The van der Waals surface area contributed by atoms with Crippen molar-refractivity contribution < 1.29 is 0 Å². The van der Waals surface area contributed by atoms with Crippen LogP contribution in [0.1, 0.15) is 105 Å². The van der Waals surface area contributed by atoms with E-state index in [1.807, 2.05) is 6.20 Å². The fourth-order valence-corrected chi connectivity index (χ4v) is 7.16. The zero-order chi connectivity index (χ0) is 38.1. The highest BCUT2D eigenvalue weighted by atomic mass is 14.9. The Balaban J connectivity index is 1.41. The number of fused-ring (bicyclic) bond motifs is 3. The van der Waals surface area contributed by atoms with Crippen molar-refractivity contribution in [2.45, 2.75) is 105 Å². The molecule has 2 aromatic heterocycles. The first-order valence-electron chi connectivity index (χ1n) is 19.1. The SMILES string of the molecule is CC(C)(C)c1ccc(-c2cc(-c3ccc(C(C)(C)C)cc3)cc(-c3nccc(-c4cc(C(C)(C)C)cc5c4[nH]c4ccc(C(C)(C)C)cc45)n3)c2)cc1. The van der Waals surface area contributed by atoms with E-state index < -0.39 is 0 Å². The summed E-state index contributed by atoms with van der Waals surface area (Å²) >= 11 is 0. The van der Waals surface area contributed by atoms with Crippen molar-refractivity contribution in [3.05, 3.63) is 132 Å². The van der Waals surface area contributed by atoms with Crippen LogP contribution >= 0.6 is 0 Å². The van der Waals surface area contributed by atoms with Gasteiger partial charge in [-0.05, 0) is 115 Å². The maximum absolute atomic E-state index is 5.34. The van der Waals surface area contributed by atoms with Crippen LogP contribution in [0, 0.1) is 0 Å². The third kappa shape index (κ3) is 7.32. The molecule has 0 aliphatic carbocycles. The molecule has 5 aromatic carbocycles. The molecule has 0 aliphatic rings. The molecule has 0 spiro atoms. The molecule has 0 saturated heterocycles. The standard InChI is InChI=1S/C50H55N3/c1-47(2,3)36-17-13-31(14-18-36)33-25-34(32-15-19-37(20-16-32)48(4,5)6)27-35(26-33)46-51-24-23-44(53-46)42-30-39(50(10,11)12)29-41-40-28-38(49(7,8)9)21-22-43(40)52-45(41)42/h13-30,52H,1-12H3. The Labute approximate surface area is 317 Å². The molecule has 7 aromatic rings. The van der Waals surface area contributed by atoms with Gasteiger partial charge >= 0.3 is 0 Å². The van der Waals surface area contributed by atoms with Crippen LogP contribution in [-0.2, 0) is 21.7 Å². The summed E-state index contributed by atoms with van der Waals surface area (Å²) in [6.07, 6.45) is 1.91. The van der Waals surface area contributed by atoms with E-state index in [1.165, 1.54) is 44.2 Å². The van der Waals surface area contributed by atoms with Gasteiger partial charge in [-0.2, -0.15) is 0 Å². The molecule has 1 N–H and O–H groups in total. The van der Waals surface area contributed by atoms with Gasteiger partial charge in [-0.1, -0.05) is 138 Å². The minimum Gasteiger partial charge on any atom is -0.354 e. The topological polar surface area (TPSA) is 41.6 Å². The predicted molar refractivity (Wildman–Crippen MR) is 228 cm³/mol. The maximum atomic E-state index is 5.34. The first-order valence-corrected chi connectivity index (χ1v) is 19.1. The molecule has 270 valence electrons. The molecule has 0 fully saturated rings. The van der Waals surface area contributed by atoms with E-state index in [9.17, 15) is 0 Å². The Bertz CT molecular complexity index is 2370. The quantitative estimate of drug-likeness (QED) is 0.199. The zero-order valence-electron chi connectivity index (χ0n) is 33.8. The number of hydrogen-bond acceptors (Lipinski definition) is 2. The molecular weight excluding hydrogens is 643 g/mol. The third-order valence-corrected chi connectivity index (χ3v) is 10.7. The lowest BCUT2D eigenvalue weighted by atomic mass is 9.84. The number of rotatable bonds is 4. The third-order valence-electron chi connectivity index (χ3n) is 10.7. The van der Waals surface area contributed by atoms with Crippen molar-refractivity contribution in [2.24, 2.45) is 0 Å². The lowest BCUT2D eigenvalue weighted by Crippen LogP contribution is -2.11. The fourth-order valence-electron chi connectivity index (χ4n) is 7.16. The van der Waals surface area contributed by atoms with Gasteiger partial charge in [0.2, 0.25) is 0 Å². The summed E-state index contributed by atoms with van der Waals surface area (Å²) in [5, 5.41) is 2.48. The Hall–Kier alpha value is -5.02. The summed E-state index contributed by atoms with van der Waals surface area (Å²) in [5.74, 6) is 0.712. The number of aromatic amines is 1. The smallest absolute Gasteiger partial charge is 0.159 e. The van der Waals surface area contributed by atoms with E-state index in [0.717, 1.165) is 39.0 Å².